The van der Waals surface area contributed by atoms with Crippen LogP contribution < -0.4 is 15.0 Å². The number of hydrogen-bond donors (Lipinski definition) is 1. The normalized spacial score (nSPS) is 13.7. The molecule has 1 N–H and O–H groups in total. The molecule has 0 fully saturated rings. The fraction of sp³-hybridized carbons (Fsp3) is 0.200. The Kier molecular flexibility index (Phi) is 3.25. The number of hydrogen-bond acceptors (Lipinski definition) is 4. The third-order valence-corrected chi connectivity index (χ3v) is 3.30. The van der Waals surface area contributed by atoms with Gasteiger partial charge in [0.1, 0.15) is 0 Å². The van der Waals surface area contributed by atoms with E-state index < -0.39 is 0 Å². The van der Waals surface area contributed by atoms with Crippen LogP contribution in [-0.4, -0.2) is 24.5 Å². The molecule has 0 atom stereocenters. The Hall–Kier alpha value is -2.56. The van der Waals surface area contributed by atoms with Crippen molar-refractivity contribution in [2.24, 2.45) is 0 Å². The fourth-order valence-corrected chi connectivity index (χ4v) is 2.33. The highest BCUT2D eigenvalue weighted by atomic mass is 16.5. The summed E-state index contributed by atoms with van der Waals surface area (Å²) >= 11 is 0. The number of aromatic nitrogens is 1. The standard InChI is InChI=1S/C15H15N3O2/c1-20-15-11(5-4-8-16-15)10-18-13-7-3-2-6-12(13)17-9-14(18)19/h2-8,17H,9-10H2,1H3. The zero-order valence-electron chi connectivity index (χ0n) is 11.2. The molecule has 3 rings (SSSR count). The van der Waals surface area contributed by atoms with Gasteiger partial charge in [0, 0.05) is 11.8 Å². The topological polar surface area (TPSA) is 54.5 Å². The third kappa shape index (κ3) is 2.18. The number of nitrogens with one attached hydrogen (secondary N) is 1. The number of benzene rings is 1. The van der Waals surface area contributed by atoms with E-state index in [0.717, 1.165) is 16.9 Å². The molecule has 102 valence electrons. The molecule has 1 aromatic heterocycles. The van der Waals surface area contributed by atoms with Crippen LogP contribution in [0.25, 0.3) is 0 Å². The highest BCUT2D eigenvalue weighted by Crippen LogP contribution is 2.31. The molecule has 0 bridgehead atoms. The molecule has 2 heterocycles. The lowest BCUT2D eigenvalue weighted by molar-refractivity contribution is -0.117. The molecule has 1 aliphatic rings. The minimum absolute atomic E-state index is 0.0367. The predicted molar refractivity (Wildman–Crippen MR) is 76.9 cm³/mol. The van der Waals surface area contributed by atoms with Gasteiger partial charge in [-0.15, -0.1) is 0 Å². The molecule has 5 nitrogen and oxygen atoms in total. The minimum atomic E-state index is 0.0367. The highest BCUT2D eigenvalue weighted by Gasteiger charge is 2.24. The molecule has 20 heavy (non-hydrogen) atoms. The summed E-state index contributed by atoms with van der Waals surface area (Å²) < 4.78 is 5.25. The van der Waals surface area contributed by atoms with Gasteiger partial charge < -0.3 is 15.0 Å². The summed E-state index contributed by atoms with van der Waals surface area (Å²) in [6, 6.07) is 11.5. The number of rotatable bonds is 3. The molecule has 1 aromatic carbocycles. The number of para-hydroxylation sites is 2. The van der Waals surface area contributed by atoms with E-state index >= 15 is 0 Å². The van der Waals surface area contributed by atoms with Crippen LogP contribution in [0, 0.1) is 0 Å². The third-order valence-electron chi connectivity index (χ3n) is 3.30. The first-order chi connectivity index (χ1) is 9.79. The zero-order valence-corrected chi connectivity index (χ0v) is 11.2. The lowest BCUT2D eigenvalue weighted by Crippen LogP contribution is -2.39. The van der Waals surface area contributed by atoms with Crippen molar-refractivity contribution in [2.45, 2.75) is 6.54 Å². The second kappa shape index (κ2) is 5.21. The highest BCUT2D eigenvalue weighted by molar-refractivity contribution is 6.02. The Labute approximate surface area is 117 Å². The Morgan fingerprint density at radius 1 is 1.30 bits per heavy atom. The first-order valence-electron chi connectivity index (χ1n) is 6.41. The Balaban J connectivity index is 1.96. The summed E-state index contributed by atoms with van der Waals surface area (Å²) in [5.41, 5.74) is 2.74. The molecule has 5 heteroatoms. The molecule has 1 aliphatic heterocycles. The monoisotopic (exact) mass is 269 g/mol. The van der Waals surface area contributed by atoms with Crippen LogP contribution in [0.15, 0.2) is 42.6 Å². The summed E-state index contributed by atoms with van der Waals surface area (Å²) in [4.78, 5) is 18.1. The maximum absolute atomic E-state index is 12.2. The van der Waals surface area contributed by atoms with E-state index in [-0.39, 0.29) is 5.91 Å². The smallest absolute Gasteiger partial charge is 0.246 e. The first-order valence-corrected chi connectivity index (χ1v) is 6.41. The van der Waals surface area contributed by atoms with Crippen LogP contribution in [0.1, 0.15) is 5.56 Å². The summed E-state index contributed by atoms with van der Waals surface area (Å²) in [7, 11) is 1.58. The summed E-state index contributed by atoms with van der Waals surface area (Å²) in [5, 5.41) is 3.12. The average Bonchev–Trinajstić information content (AvgIpc) is 2.50. The van der Waals surface area contributed by atoms with E-state index in [9.17, 15) is 4.79 Å². The maximum atomic E-state index is 12.2. The van der Waals surface area contributed by atoms with Crippen LogP contribution in [0.5, 0.6) is 5.88 Å². The van der Waals surface area contributed by atoms with Crippen molar-refractivity contribution < 1.29 is 9.53 Å². The number of pyridine rings is 1. The Morgan fingerprint density at radius 2 is 2.15 bits per heavy atom. The molecule has 2 aromatic rings. The van der Waals surface area contributed by atoms with Crippen molar-refractivity contribution in [1.82, 2.24) is 4.98 Å². The minimum Gasteiger partial charge on any atom is -0.481 e. The average molecular weight is 269 g/mol. The molecule has 1 amide bonds. The van der Waals surface area contributed by atoms with E-state index in [1.54, 1.807) is 18.2 Å². The van der Waals surface area contributed by atoms with Crippen LogP contribution in [0.3, 0.4) is 0 Å². The largest absolute Gasteiger partial charge is 0.481 e. The summed E-state index contributed by atoms with van der Waals surface area (Å²) in [6.45, 7) is 0.758. The number of carbonyl (C=O) groups is 1. The summed E-state index contributed by atoms with van der Waals surface area (Å²) in [5.74, 6) is 0.589. The zero-order chi connectivity index (χ0) is 13.9. The van der Waals surface area contributed by atoms with E-state index in [1.807, 2.05) is 36.4 Å². The number of carbonyl (C=O) groups excluding carboxylic acids is 1. The number of anilines is 2. The van der Waals surface area contributed by atoms with Gasteiger partial charge in [0.05, 0.1) is 31.6 Å². The van der Waals surface area contributed by atoms with Crippen LogP contribution >= 0.6 is 0 Å². The maximum Gasteiger partial charge on any atom is 0.246 e. The number of amides is 1. The van der Waals surface area contributed by atoms with Gasteiger partial charge in [-0.2, -0.15) is 0 Å². The van der Waals surface area contributed by atoms with Gasteiger partial charge >= 0.3 is 0 Å². The van der Waals surface area contributed by atoms with Gasteiger partial charge in [0.2, 0.25) is 11.8 Å². The molecule has 0 saturated carbocycles. The molecular formula is C15H15N3O2. The van der Waals surface area contributed by atoms with Crippen molar-refractivity contribution in [3.8, 4) is 5.88 Å². The van der Waals surface area contributed by atoms with Crippen molar-refractivity contribution in [1.29, 1.82) is 0 Å². The van der Waals surface area contributed by atoms with E-state index in [4.69, 9.17) is 4.74 Å². The fourth-order valence-electron chi connectivity index (χ4n) is 2.33. The molecule has 0 radical (unpaired) electrons. The van der Waals surface area contributed by atoms with E-state index in [0.29, 0.717) is 19.0 Å². The lowest BCUT2D eigenvalue weighted by Gasteiger charge is -2.30. The second-order valence-electron chi connectivity index (χ2n) is 4.52. The van der Waals surface area contributed by atoms with Gasteiger partial charge in [-0.25, -0.2) is 4.98 Å². The SMILES string of the molecule is COc1ncccc1CN1C(=O)CNc2ccccc21. The number of ether oxygens (including phenoxy) is 1. The van der Waals surface area contributed by atoms with Gasteiger partial charge in [-0.3, -0.25) is 4.79 Å². The van der Waals surface area contributed by atoms with Gasteiger partial charge in [-0.05, 0) is 18.2 Å². The van der Waals surface area contributed by atoms with Gasteiger partial charge in [0.15, 0.2) is 0 Å². The molecule has 0 aliphatic carbocycles. The van der Waals surface area contributed by atoms with Crippen molar-refractivity contribution in [3.05, 3.63) is 48.2 Å². The van der Waals surface area contributed by atoms with Crippen LogP contribution in [0.2, 0.25) is 0 Å². The first kappa shape index (κ1) is 12.5. The van der Waals surface area contributed by atoms with Crippen LogP contribution in [0.4, 0.5) is 11.4 Å². The number of fused-ring (bicyclic) bond motifs is 1. The van der Waals surface area contributed by atoms with E-state index in [1.165, 1.54) is 0 Å². The molecular weight excluding hydrogens is 254 g/mol. The summed E-state index contributed by atoms with van der Waals surface area (Å²) in [6.07, 6.45) is 1.68. The van der Waals surface area contributed by atoms with E-state index in [2.05, 4.69) is 10.3 Å². The lowest BCUT2D eigenvalue weighted by atomic mass is 10.1. The van der Waals surface area contributed by atoms with Crippen molar-refractivity contribution in [3.63, 3.8) is 0 Å². The Bertz CT molecular complexity index is 643. The van der Waals surface area contributed by atoms with Gasteiger partial charge in [0.25, 0.3) is 0 Å². The molecule has 0 saturated heterocycles. The second-order valence-corrected chi connectivity index (χ2v) is 4.52. The van der Waals surface area contributed by atoms with Crippen molar-refractivity contribution in [2.75, 3.05) is 23.9 Å². The number of nitrogens with zero attached hydrogens (tertiary/aromatic N) is 2. The van der Waals surface area contributed by atoms with Crippen molar-refractivity contribution >= 4 is 17.3 Å². The van der Waals surface area contributed by atoms with Crippen LogP contribution in [-0.2, 0) is 11.3 Å². The molecule has 0 unspecified atom stereocenters. The molecule has 0 spiro atoms. The number of methoxy groups -OCH3 is 1. The van der Waals surface area contributed by atoms with Gasteiger partial charge in [-0.1, -0.05) is 18.2 Å². The Morgan fingerprint density at radius 3 is 3.00 bits per heavy atom. The predicted octanol–water partition coefficient (Wildman–Crippen LogP) is 2.05. The quantitative estimate of drug-likeness (QED) is 0.926.